The number of piperidine rings is 1. The van der Waals surface area contributed by atoms with E-state index in [9.17, 15) is 14.4 Å². The Bertz CT molecular complexity index is 552. The monoisotopic (exact) mass is 335 g/mol. The van der Waals surface area contributed by atoms with Gasteiger partial charge in [0.15, 0.2) is 0 Å². The van der Waals surface area contributed by atoms with Gasteiger partial charge in [-0.2, -0.15) is 0 Å². The maximum Gasteiger partial charge on any atom is 0.397 e. The van der Waals surface area contributed by atoms with E-state index in [2.05, 4.69) is 6.08 Å². The van der Waals surface area contributed by atoms with Gasteiger partial charge in [-0.1, -0.05) is 12.2 Å². The first-order valence-electron chi connectivity index (χ1n) is 8.61. The van der Waals surface area contributed by atoms with E-state index in [4.69, 9.17) is 9.47 Å². The Balaban J connectivity index is 2.16. The van der Waals surface area contributed by atoms with Crippen LogP contribution in [-0.2, 0) is 23.9 Å². The number of hydrogen-bond donors (Lipinski definition) is 0. The molecule has 0 aromatic rings. The molecule has 2 aliphatic rings. The van der Waals surface area contributed by atoms with Crippen LogP contribution in [0.3, 0.4) is 0 Å². The van der Waals surface area contributed by atoms with E-state index in [1.165, 1.54) is 0 Å². The molecule has 1 heterocycles. The highest BCUT2D eigenvalue weighted by atomic mass is 16.5. The molecule has 0 N–H and O–H groups in total. The van der Waals surface area contributed by atoms with Gasteiger partial charge in [-0.25, -0.2) is 4.79 Å². The summed E-state index contributed by atoms with van der Waals surface area (Å²) in [6, 6.07) is -0.180. The van der Waals surface area contributed by atoms with Gasteiger partial charge in [0, 0.05) is 24.1 Å². The quantitative estimate of drug-likeness (QED) is 0.569. The number of carbonyl (C=O) groups excluding carboxylic acids is 3. The van der Waals surface area contributed by atoms with E-state index in [0.29, 0.717) is 13.0 Å². The first kappa shape index (κ1) is 18.2. The molecule has 1 aliphatic carbocycles. The van der Waals surface area contributed by atoms with Crippen LogP contribution in [0.2, 0.25) is 0 Å². The number of hydrogen-bond acceptors (Lipinski definition) is 5. The Hall–Kier alpha value is -2.11. The van der Waals surface area contributed by atoms with Crippen molar-refractivity contribution in [2.24, 2.45) is 5.92 Å². The minimum absolute atomic E-state index is 0.161. The fourth-order valence-corrected chi connectivity index (χ4v) is 3.31. The summed E-state index contributed by atoms with van der Waals surface area (Å²) in [6.07, 6.45) is 9.16. The molecular formula is C18H25NO5. The smallest absolute Gasteiger partial charge is 0.397 e. The second kappa shape index (κ2) is 8.66. The van der Waals surface area contributed by atoms with Gasteiger partial charge >= 0.3 is 17.8 Å². The molecule has 0 bridgehead atoms. The summed E-state index contributed by atoms with van der Waals surface area (Å²) < 4.78 is 9.84. The van der Waals surface area contributed by atoms with Gasteiger partial charge in [-0.3, -0.25) is 9.59 Å². The van der Waals surface area contributed by atoms with Gasteiger partial charge in [0.2, 0.25) is 0 Å². The molecule has 1 aliphatic heterocycles. The van der Waals surface area contributed by atoms with Crippen molar-refractivity contribution in [2.45, 2.75) is 52.0 Å². The van der Waals surface area contributed by atoms with Crippen molar-refractivity contribution in [3.05, 3.63) is 23.9 Å². The SMILES string of the molecule is CCOC(=O)CCC1CCC2CC=CC=C2N1C(=O)C(=O)OCC. The zero-order valence-electron chi connectivity index (χ0n) is 14.3. The van der Waals surface area contributed by atoms with Crippen LogP contribution in [0, 0.1) is 5.92 Å². The predicted molar refractivity (Wildman–Crippen MR) is 87.7 cm³/mol. The van der Waals surface area contributed by atoms with Crippen LogP contribution in [-0.4, -0.2) is 42.0 Å². The van der Waals surface area contributed by atoms with Crippen LogP contribution in [0.25, 0.3) is 0 Å². The largest absolute Gasteiger partial charge is 0.466 e. The number of fused-ring (bicyclic) bond motifs is 1. The van der Waals surface area contributed by atoms with E-state index in [1.54, 1.807) is 18.7 Å². The fourth-order valence-electron chi connectivity index (χ4n) is 3.31. The molecule has 2 atom stereocenters. The average Bonchev–Trinajstić information content (AvgIpc) is 2.59. The molecule has 0 aromatic heterocycles. The van der Waals surface area contributed by atoms with Crippen molar-refractivity contribution in [3.63, 3.8) is 0 Å². The van der Waals surface area contributed by atoms with Crippen LogP contribution in [0.1, 0.15) is 46.0 Å². The predicted octanol–water partition coefficient (Wildman–Crippen LogP) is 2.34. The summed E-state index contributed by atoms with van der Waals surface area (Å²) >= 11 is 0. The molecule has 2 rings (SSSR count). The first-order valence-corrected chi connectivity index (χ1v) is 8.61. The number of allylic oxidation sites excluding steroid dienone is 4. The molecule has 132 valence electrons. The zero-order chi connectivity index (χ0) is 17.5. The van der Waals surface area contributed by atoms with Crippen molar-refractivity contribution in [1.82, 2.24) is 4.90 Å². The molecule has 2 unspecified atom stereocenters. The highest BCUT2D eigenvalue weighted by Crippen LogP contribution is 2.37. The van der Waals surface area contributed by atoms with E-state index in [-0.39, 0.29) is 31.0 Å². The van der Waals surface area contributed by atoms with E-state index in [1.807, 2.05) is 12.2 Å². The normalized spacial score (nSPS) is 22.4. The molecule has 1 fully saturated rings. The lowest BCUT2D eigenvalue weighted by atomic mass is 9.83. The maximum atomic E-state index is 12.6. The summed E-state index contributed by atoms with van der Waals surface area (Å²) in [7, 11) is 0. The number of nitrogens with zero attached hydrogens (tertiary/aromatic N) is 1. The van der Waals surface area contributed by atoms with Crippen molar-refractivity contribution >= 4 is 17.8 Å². The third-order valence-electron chi connectivity index (χ3n) is 4.39. The summed E-state index contributed by atoms with van der Waals surface area (Å²) in [4.78, 5) is 37.7. The molecule has 0 spiro atoms. The number of esters is 2. The minimum atomic E-state index is -0.838. The van der Waals surface area contributed by atoms with E-state index < -0.39 is 11.9 Å². The number of carbonyl (C=O) groups is 3. The van der Waals surface area contributed by atoms with Gasteiger partial charge in [0.1, 0.15) is 0 Å². The topological polar surface area (TPSA) is 72.9 Å². The fraction of sp³-hybridized carbons (Fsp3) is 0.611. The van der Waals surface area contributed by atoms with Crippen molar-refractivity contribution in [1.29, 1.82) is 0 Å². The lowest BCUT2D eigenvalue weighted by Gasteiger charge is -2.42. The molecule has 6 heteroatoms. The van der Waals surface area contributed by atoms with Crippen LogP contribution in [0.5, 0.6) is 0 Å². The number of likely N-dealkylation sites (tertiary alicyclic amines) is 1. The molecule has 0 radical (unpaired) electrons. The van der Waals surface area contributed by atoms with Crippen LogP contribution in [0.4, 0.5) is 0 Å². The lowest BCUT2D eigenvalue weighted by molar-refractivity contribution is -0.161. The molecule has 1 saturated heterocycles. The third-order valence-corrected chi connectivity index (χ3v) is 4.39. The van der Waals surface area contributed by atoms with Crippen LogP contribution in [0.15, 0.2) is 23.9 Å². The molecule has 6 nitrogen and oxygen atoms in total. The van der Waals surface area contributed by atoms with Crippen LogP contribution >= 0.6 is 0 Å². The average molecular weight is 335 g/mol. The standard InChI is InChI=1S/C18H25NO5/c1-3-23-16(20)12-11-14-10-9-13-7-5-6-8-15(13)19(14)17(21)18(22)24-4-2/h5-6,8,13-14H,3-4,7,9-12H2,1-2H3. The molecular weight excluding hydrogens is 310 g/mol. The second-order valence-corrected chi connectivity index (χ2v) is 5.92. The molecule has 0 saturated carbocycles. The number of ether oxygens (including phenoxy) is 2. The second-order valence-electron chi connectivity index (χ2n) is 5.92. The Labute approximate surface area is 142 Å². The summed E-state index contributed by atoms with van der Waals surface area (Å²) in [5.41, 5.74) is 0.857. The Kier molecular flexibility index (Phi) is 6.58. The maximum absolute atomic E-state index is 12.6. The minimum Gasteiger partial charge on any atom is -0.466 e. The number of amides is 1. The highest BCUT2D eigenvalue weighted by molar-refractivity contribution is 6.32. The van der Waals surface area contributed by atoms with E-state index >= 15 is 0 Å². The van der Waals surface area contributed by atoms with Gasteiger partial charge < -0.3 is 14.4 Å². The Morgan fingerprint density at radius 2 is 1.92 bits per heavy atom. The first-order chi connectivity index (χ1) is 11.6. The zero-order valence-corrected chi connectivity index (χ0v) is 14.3. The molecule has 24 heavy (non-hydrogen) atoms. The molecule has 0 aromatic carbocycles. The Morgan fingerprint density at radius 3 is 2.62 bits per heavy atom. The van der Waals surface area contributed by atoms with Gasteiger partial charge in [-0.05, 0) is 45.6 Å². The van der Waals surface area contributed by atoms with E-state index in [0.717, 1.165) is 25.0 Å². The van der Waals surface area contributed by atoms with Crippen molar-refractivity contribution in [3.8, 4) is 0 Å². The summed E-state index contributed by atoms with van der Waals surface area (Å²) in [5.74, 6) is -1.51. The van der Waals surface area contributed by atoms with Gasteiger partial charge in [0.25, 0.3) is 0 Å². The lowest BCUT2D eigenvalue weighted by Crippen LogP contribution is -2.49. The van der Waals surface area contributed by atoms with Crippen molar-refractivity contribution < 1.29 is 23.9 Å². The van der Waals surface area contributed by atoms with Gasteiger partial charge in [-0.15, -0.1) is 0 Å². The summed E-state index contributed by atoms with van der Waals surface area (Å²) in [5, 5.41) is 0. The highest BCUT2D eigenvalue weighted by Gasteiger charge is 2.39. The number of rotatable bonds is 5. The summed E-state index contributed by atoms with van der Waals surface area (Å²) in [6.45, 7) is 3.94. The van der Waals surface area contributed by atoms with Gasteiger partial charge in [0.05, 0.1) is 13.2 Å². The molecule has 1 amide bonds. The van der Waals surface area contributed by atoms with Crippen LogP contribution < -0.4 is 0 Å². The third kappa shape index (κ3) is 4.24. The Morgan fingerprint density at radius 1 is 1.17 bits per heavy atom. The van der Waals surface area contributed by atoms with Crippen molar-refractivity contribution in [2.75, 3.05) is 13.2 Å².